The molecular weight excluding hydrogens is 838 g/mol. The molecule has 0 bridgehead atoms. The summed E-state index contributed by atoms with van der Waals surface area (Å²) in [5.41, 5.74) is -2.44. The van der Waals surface area contributed by atoms with Gasteiger partial charge in [0.2, 0.25) is 3.79 Å². The Labute approximate surface area is 348 Å². The Balaban J connectivity index is 1.73. The number of hydrogen-bond donors (Lipinski definition) is 3. The number of hydrogen-bond acceptors (Lipinski definition) is 11. The molecule has 2 aromatic rings. The van der Waals surface area contributed by atoms with Crippen LogP contribution in [0.1, 0.15) is 85.5 Å². The lowest BCUT2D eigenvalue weighted by Gasteiger charge is -2.35. The maximum atomic E-state index is 13.5. The molecule has 3 rings (SSSR count). The number of pyridine rings is 1. The Morgan fingerprint density at radius 2 is 1.67 bits per heavy atom. The summed E-state index contributed by atoms with van der Waals surface area (Å²) < 4.78 is 54.4. The highest BCUT2D eigenvalue weighted by atomic mass is 35.6. The molecule has 1 fully saturated rings. The molecule has 0 saturated carbocycles. The Bertz CT molecular complexity index is 1820. The highest BCUT2D eigenvalue weighted by Crippen LogP contribution is 2.36. The van der Waals surface area contributed by atoms with E-state index in [2.05, 4.69) is 21.0 Å². The van der Waals surface area contributed by atoms with Crippen LogP contribution in [0, 0.1) is 5.41 Å². The third kappa shape index (κ3) is 15.6. The van der Waals surface area contributed by atoms with Gasteiger partial charge in [0.1, 0.15) is 24.3 Å². The monoisotopic (exact) mass is 883 g/mol. The van der Waals surface area contributed by atoms with Crippen LogP contribution in [0.3, 0.4) is 0 Å². The number of carbonyl (C=O) groups is 5. The van der Waals surface area contributed by atoms with E-state index < -0.39 is 98.0 Å². The number of amides is 3. The van der Waals surface area contributed by atoms with Crippen LogP contribution in [0.2, 0.25) is 0 Å². The zero-order chi connectivity index (χ0) is 43.1. The molecule has 0 radical (unpaired) electrons. The Morgan fingerprint density at radius 1 is 1.02 bits per heavy atom. The molecule has 3 amide bonds. The number of alkyl halides is 6. The maximum Gasteiger partial charge on any atom is 0.442 e. The summed E-state index contributed by atoms with van der Waals surface area (Å²) in [4.78, 5) is 69.6. The van der Waals surface area contributed by atoms with Gasteiger partial charge in [-0.05, 0) is 97.7 Å². The van der Waals surface area contributed by atoms with Gasteiger partial charge in [-0.2, -0.15) is 13.2 Å². The molecule has 1 aliphatic heterocycles. The standard InChI is InChI=1S/C37H47Cl3F3N5O8S/c1-20(45-33(53)56-34(4,5)6)25-14-13-24-12-11-23(18-27(24)46-25)15-16-35(7,8)32(52)55-28(22(3)57-37(41,42)43)29(49)44-21(2)30(50)48-17-9-10-26(47-48)31(51)54-19-36(38,39)40/h11-16,18,20-22,26,28,47H,9-10,17,19H2,1-8H3,(H,44,49)(H,45,53)/b16-15+/t20-,21+,22?,26+,28+/m1/s1. The van der Waals surface area contributed by atoms with Crippen molar-refractivity contribution in [2.24, 2.45) is 5.41 Å². The minimum absolute atomic E-state index is 0.130. The van der Waals surface area contributed by atoms with Gasteiger partial charge in [0.15, 0.2) is 6.10 Å². The van der Waals surface area contributed by atoms with Gasteiger partial charge < -0.3 is 24.8 Å². The highest BCUT2D eigenvalue weighted by Gasteiger charge is 2.42. The number of rotatable bonds is 13. The Morgan fingerprint density at radius 3 is 2.28 bits per heavy atom. The van der Waals surface area contributed by atoms with E-state index in [1.54, 1.807) is 58.0 Å². The van der Waals surface area contributed by atoms with Gasteiger partial charge in [0.25, 0.3) is 11.8 Å². The number of ether oxygens (including phenoxy) is 3. The van der Waals surface area contributed by atoms with Crippen molar-refractivity contribution in [3.8, 4) is 0 Å². The van der Waals surface area contributed by atoms with Crippen molar-refractivity contribution in [1.29, 1.82) is 0 Å². The number of nitrogens with one attached hydrogen (secondary N) is 3. The van der Waals surface area contributed by atoms with Gasteiger partial charge in [-0.1, -0.05) is 65.2 Å². The van der Waals surface area contributed by atoms with Crippen molar-refractivity contribution in [2.75, 3.05) is 13.2 Å². The zero-order valence-electron chi connectivity index (χ0n) is 32.6. The zero-order valence-corrected chi connectivity index (χ0v) is 35.7. The second-order valence-electron chi connectivity index (χ2n) is 15.0. The van der Waals surface area contributed by atoms with Crippen LogP contribution in [-0.4, -0.2) is 91.3 Å². The lowest BCUT2D eigenvalue weighted by Crippen LogP contribution is -2.60. The number of thioether (sulfide) groups is 1. The van der Waals surface area contributed by atoms with Crippen molar-refractivity contribution in [3.05, 3.63) is 47.7 Å². The molecule has 2 heterocycles. The van der Waals surface area contributed by atoms with Gasteiger partial charge >= 0.3 is 23.5 Å². The average molecular weight is 885 g/mol. The lowest BCUT2D eigenvalue weighted by atomic mass is 9.92. The third-order valence-corrected chi connectivity index (χ3v) is 9.43. The minimum atomic E-state index is -4.79. The second kappa shape index (κ2) is 19.5. The number of esters is 2. The van der Waals surface area contributed by atoms with E-state index in [9.17, 15) is 37.1 Å². The number of benzene rings is 1. The number of hydrazine groups is 1. The van der Waals surface area contributed by atoms with E-state index in [0.717, 1.165) is 17.3 Å². The second-order valence-corrected chi connectivity index (χ2v) is 18.9. The van der Waals surface area contributed by atoms with Crippen LogP contribution in [0.15, 0.2) is 36.4 Å². The van der Waals surface area contributed by atoms with E-state index >= 15 is 0 Å². The van der Waals surface area contributed by atoms with Crippen molar-refractivity contribution in [2.45, 2.75) is 113 Å². The molecular formula is C37H47Cl3F3N5O8S. The summed E-state index contributed by atoms with van der Waals surface area (Å²) in [5, 5.41) is 5.35. The van der Waals surface area contributed by atoms with E-state index in [1.165, 1.54) is 26.8 Å². The van der Waals surface area contributed by atoms with Crippen LogP contribution < -0.4 is 16.1 Å². The summed E-state index contributed by atoms with van der Waals surface area (Å²) in [6.07, 6.45) is 1.16. The number of fused-ring (bicyclic) bond motifs is 1. The van der Waals surface area contributed by atoms with Crippen LogP contribution in [-0.2, 0) is 33.4 Å². The smallest absolute Gasteiger partial charge is 0.442 e. The first-order valence-corrected chi connectivity index (χ1v) is 19.8. The lowest BCUT2D eigenvalue weighted by molar-refractivity contribution is -0.162. The van der Waals surface area contributed by atoms with Crippen molar-refractivity contribution < 1.29 is 51.4 Å². The van der Waals surface area contributed by atoms with Gasteiger partial charge in [-0.15, -0.1) is 0 Å². The van der Waals surface area contributed by atoms with E-state index in [0.29, 0.717) is 23.2 Å². The molecule has 5 atom stereocenters. The number of carbonyl (C=O) groups excluding carboxylic acids is 5. The molecule has 316 valence electrons. The molecule has 13 nitrogen and oxygen atoms in total. The van der Waals surface area contributed by atoms with Crippen molar-refractivity contribution in [3.63, 3.8) is 0 Å². The van der Waals surface area contributed by atoms with E-state index in [1.807, 2.05) is 6.07 Å². The molecule has 1 aromatic carbocycles. The fourth-order valence-electron chi connectivity index (χ4n) is 5.29. The molecule has 1 aliphatic rings. The van der Waals surface area contributed by atoms with Gasteiger partial charge in [-0.3, -0.25) is 29.2 Å². The molecule has 0 spiro atoms. The predicted octanol–water partition coefficient (Wildman–Crippen LogP) is 7.33. The van der Waals surface area contributed by atoms with Gasteiger partial charge in [0.05, 0.1) is 27.9 Å². The van der Waals surface area contributed by atoms with E-state index in [-0.39, 0.29) is 13.0 Å². The summed E-state index contributed by atoms with van der Waals surface area (Å²) in [7, 11) is 0. The first-order valence-electron chi connectivity index (χ1n) is 17.8. The maximum absolute atomic E-state index is 13.5. The molecule has 1 unspecified atom stereocenters. The Hall–Kier alpha value is -3.51. The number of halogens is 6. The molecule has 1 aromatic heterocycles. The number of alkyl carbamates (subject to hydrolysis) is 1. The average Bonchev–Trinajstić information content (AvgIpc) is 3.09. The van der Waals surface area contributed by atoms with Crippen LogP contribution >= 0.6 is 46.6 Å². The molecule has 20 heteroatoms. The number of nitrogens with zero attached hydrogens (tertiary/aromatic N) is 2. The van der Waals surface area contributed by atoms with Crippen LogP contribution in [0.4, 0.5) is 18.0 Å². The Kier molecular flexibility index (Phi) is 16.4. The predicted molar refractivity (Wildman–Crippen MR) is 212 cm³/mol. The third-order valence-electron chi connectivity index (χ3n) is 8.22. The summed E-state index contributed by atoms with van der Waals surface area (Å²) in [5.74, 6) is -3.67. The number of aromatic nitrogens is 1. The highest BCUT2D eigenvalue weighted by molar-refractivity contribution is 8.00. The quantitative estimate of drug-likeness (QED) is 0.105. The largest absolute Gasteiger partial charge is 0.460 e. The summed E-state index contributed by atoms with van der Waals surface area (Å²) >= 11 is 16.4. The minimum Gasteiger partial charge on any atom is -0.460 e. The fraction of sp³-hybridized carbons (Fsp3) is 0.568. The fourth-order valence-corrected chi connectivity index (χ4v) is 6.18. The van der Waals surface area contributed by atoms with Gasteiger partial charge in [0, 0.05) is 11.9 Å². The SMILES string of the molecule is CC(SC(F)(F)F)[C@H](OC(=O)C(C)(C)/C=C/c1ccc2ccc([C@@H](C)NC(=O)OC(C)(C)C)nc2c1)C(=O)N[C@@H](C)C(=O)N1CCC[C@@H](C(=O)OCC(Cl)(Cl)Cl)N1. The molecule has 57 heavy (non-hydrogen) atoms. The summed E-state index contributed by atoms with van der Waals surface area (Å²) in [6.45, 7) is 11.9. The van der Waals surface area contributed by atoms with E-state index in [4.69, 9.17) is 49.0 Å². The topological polar surface area (TPSA) is 165 Å². The molecule has 0 aliphatic carbocycles. The molecule has 1 saturated heterocycles. The van der Waals surface area contributed by atoms with Gasteiger partial charge in [-0.25, -0.2) is 10.2 Å². The van der Waals surface area contributed by atoms with Crippen molar-refractivity contribution in [1.82, 2.24) is 26.1 Å². The van der Waals surface area contributed by atoms with Crippen LogP contribution in [0.5, 0.6) is 0 Å². The summed E-state index contributed by atoms with van der Waals surface area (Å²) in [6, 6.07) is 6.16. The molecule has 3 N–H and O–H groups in total. The normalized spacial score (nSPS) is 17.6. The first kappa shape index (κ1) is 47.9. The van der Waals surface area contributed by atoms with Crippen LogP contribution in [0.25, 0.3) is 17.0 Å². The first-order chi connectivity index (χ1) is 26.1. The van der Waals surface area contributed by atoms with Crippen molar-refractivity contribution >= 4 is 93.4 Å².